The number of nitrogens with one attached hydrogen (secondary N) is 1. The maximum atomic E-state index is 13.8. The summed E-state index contributed by atoms with van der Waals surface area (Å²) in [5.74, 6) is -1.41. The minimum atomic E-state index is -4.16. The first kappa shape index (κ1) is 66.3. The average Bonchev–Trinajstić information content (AvgIpc) is 3.73. The molecule has 1 aromatic rings. The molecule has 1 aliphatic rings. The van der Waals surface area contributed by atoms with E-state index in [2.05, 4.69) is 66.4 Å². The summed E-state index contributed by atoms with van der Waals surface area (Å²) in [6.45, 7) is 12.3. The van der Waals surface area contributed by atoms with Gasteiger partial charge in [0.1, 0.15) is 0 Å². The third-order valence-electron chi connectivity index (χ3n) is 12.6. The normalized spacial score (nSPS) is 14.6. The lowest BCUT2D eigenvalue weighted by molar-refractivity contribution is -0.125. The first-order chi connectivity index (χ1) is 33.6. The number of benzene rings is 1. The largest absolute Gasteiger partial charge is 0.478 e. The standard InChI is InChI=1S/C46H85N3O2.C9H8O4.CH4O4S/c1-5-9-12-14-16-18-20-22-24-26-28-30-32-34-36-39-43(50)45-48-46(42-49(45)8-4,47-41-38-11-7-3)44(51)40-37-35-33-31-29-27-25-23-21-19-17-15-13-10-6-2;1-5-6(8(10)11)3-2-4-7(5)9(12)13;1-5-6(2,3)4/h22-25,47H,5-21,26-42H2,1-4H3;2-4H,1H3,(H,10,11)(H,12,13);1H3,(H,2,3,4)/b24-22-,25-23-;;. The Morgan fingerprint density at radius 2 is 1.00 bits per heavy atom. The molecule has 0 radical (unpaired) electrons. The van der Waals surface area contributed by atoms with Gasteiger partial charge in [-0.25, -0.2) is 14.6 Å². The van der Waals surface area contributed by atoms with Crippen molar-refractivity contribution in [2.75, 3.05) is 26.7 Å². The topological polar surface area (TPSA) is 200 Å². The molecule has 0 amide bonds. The Morgan fingerprint density at radius 1 is 0.629 bits per heavy atom. The van der Waals surface area contributed by atoms with E-state index >= 15 is 0 Å². The van der Waals surface area contributed by atoms with Crippen molar-refractivity contribution >= 4 is 39.7 Å². The summed E-state index contributed by atoms with van der Waals surface area (Å²) in [4.78, 5) is 55.4. The van der Waals surface area contributed by atoms with Gasteiger partial charge < -0.3 is 15.1 Å². The number of nitrogens with zero attached hydrogens (tertiary/aromatic N) is 2. The van der Waals surface area contributed by atoms with E-state index in [1.54, 1.807) is 0 Å². The molecule has 1 heterocycles. The van der Waals surface area contributed by atoms with Crippen LogP contribution in [0.2, 0.25) is 0 Å². The molecule has 0 bridgehead atoms. The lowest BCUT2D eigenvalue weighted by atomic mass is 9.98. The molecule has 1 unspecified atom stereocenters. The fourth-order valence-electron chi connectivity index (χ4n) is 8.28. The zero-order valence-electron chi connectivity index (χ0n) is 44.6. The Hall–Kier alpha value is -3.72. The fourth-order valence-corrected chi connectivity index (χ4v) is 8.28. The molecule has 0 fully saturated rings. The summed E-state index contributed by atoms with van der Waals surface area (Å²) in [5, 5.41) is 20.9. The molecule has 402 valence electrons. The van der Waals surface area contributed by atoms with Gasteiger partial charge in [0.2, 0.25) is 0 Å². The van der Waals surface area contributed by atoms with Crippen molar-refractivity contribution in [3.63, 3.8) is 0 Å². The first-order valence-electron chi connectivity index (χ1n) is 27.2. The number of allylic oxidation sites excluding steroid dienone is 4. The Balaban J connectivity index is 0.00000206. The van der Waals surface area contributed by atoms with Crippen molar-refractivity contribution in [2.45, 2.75) is 239 Å². The molecular formula is C56H97N3O10S. The van der Waals surface area contributed by atoms with Crippen molar-refractivity contribution in [1.82, 2.24) is 10.2 Å². The fraction of sp³-hybridized carbons (Fsp3) is 0.732. The van der Waals surface area contributed by atoms with Crippen molar-refractivity contribution in [3.05, 3.63) is 59.2 Å². The molecule has 1 aromatic carbocycles. The predicted octanol–water partition coefficient (Wildman–Crippen LogP) is 14.2. The maximum Gasteiger partial charge on any atom is 0.397 e. The van der Waals surface area contributed by atoms with Crippen molar-refractivity contribution < 1.29 is 46.5 Å². The number of amidine groups is 1. The van der Waals surface area contributed by atoms with E-state index in [-0.39, 0.29) is 28.3 Å². The molecular weight excluding hydrogens is 907 g/mol. The van der Waals surface area contributed by atoms with Crippen LogP contribution >= 0.6 is 0 Å². The molecule has 4 N–H and O–H groups in total. The number of carbonyl (C=O) groups excluding carboxylic acids is 2. The molecule has 2 rings (SSSR count). The second-order valence-electron chi connectivity index (χ2n) is 18.6. The summed E-state index contributed by atoms with van der Waals surface area (Å²) in [6, 6.07) is 4.17. The van der Waals surface area contributed by atoms with Gasteiger partial charge in [-0.1, -0.05) is 167 Å². The SMILES string of the molecule is CCCCCCCC/C=C\CCCCCCCC(=O)C1=NC(NCCCCC)(C(=O)CCCCCCC/C=C\CCCCCCCC)CN1CC.COS(=O)(=O)O.Cc1c(C(=O)O)cccc1C(=O)O. The summed E-state index contributed by atoms with van der Waals surface area (Å²) in [6.07, 6.45) is 46.3. The van der Waals surface area contributed by atoms with Gasteiger partial charge in [0.15, 0.2) is 23.1 Å². The average molecular weight is 1000 g/mol. The molecule has 0 saturated carbocycles. The van der Waals surface area contributed by atoms with E-state index in [0.717, 1.165) is 58.6 Å². The monoisotopic (exact) mass is 1000 g/mol. The maximum absolute atomic E-state index is 13.8. The number of aliphatic imine (C=N–C) groups is 1. The highest BCUT2D eigenvalue weighted by Gasteiger charge is 2.45. The van der Waals surface area contributed by atoms with Gasteiger partial charge in [0, 0.05) is 19.4 Å². The smallest absolute Gasteiger partial charge is 0.397 e. The number of hydrogen-bond donors (Lipinski definition) is 4. The Kier molecular flexibility index (Phi) is 40.6. The van der Waals surface area contributed by atoms with Crippen molar-refractivity contribution in [3.8, 4) is 0 Å². The van der Waals surface area contributed by atoms with Crippen molar-refractivity contribution in [2.24, 2.45) is 4.99 Å². The van der Waals surface area contributed by atoms with Crippen LogP contribution < -0.4 is 5.32 Å². The van der Waals surface area contributed by atoms with E-state index in [4.69, 9.17) is 19.8 Å². The van der Waals surface area contributed by atoms with Gasteiger partial charge in [0.05, 0.1) is 24.8 Å². The van der Waals surface area contributed by atoms with Crippen LogP contribution in [0.4, 0.5) is 0 Å². The van der Waals surface area contributed by atoms with E-state index in [1.807, 2.05) is 0 Å². The van der Waals surface area contributed by atoms with Crippen molar-refractivity contribution in [1.29, 1.82) is 0 Å². The molecule has 1 aliphatic heterocycles. The van der Waals surface area contributed by atoms with E-state index in [9.17, 15) is 27.6 Å². The quantitative estimate of drug-likeness (QED) is 0.0275. The predicted molar refractivity (Wildman–Crippen MR) is 288 cm³/mol. The van der Waals surface area contributed by atoms with Crippen LogP contribution in [0.3, 0.4) is 0 Å². The number of ketones is 2. The second-order valence-corrected chi connectivity index (χ2v) is 19.8. The summed E-state index contributed by atoms with van der Waals surface area (Å²) < 4.78 is 29.7. The summed E-state index contributed by atoms with van der Waals surface area (Å²) in [7, 11) is -3.29. The highest BCUT2D eigenvalue weighted by Crippen LogP contribution is 2.25. The summed E-state index contributed by atoms with van der Waals surface area (Å²) >= 11 is 0. The van der Waals surface area contributed by atoms with Crippen LogP contribution in [-0.4, -0.2) is 89.8 Å². The minimum absolute atomic E-state index is 0.0277. The van der Waals surface area contributed by atoms with Crippen LogP contribution in [0, 0.1) is 6.92 Å². The van der Waals surface area contributed by atoms with Gasteiger partial charge in [-0.05, 0) is 109 Å². The molecule has 0 aromatic heterocycles. The molecule has 1 atom stereocenters. The zero-order valence-corrected chi connectivity index (χ0v) is 45.4. The number of unbranched alkanes of at least 4 members (excludes halogenated alkanes) is 24. The Labute approximate surface area is 425 Å². The number of aromatic carboxylic acids is 2. The van der Waals surface area contributed by atoms with Crippen LogP contribution in [0.5, 0.6) is 0 Å². The highest BCUT2D eigenvalue weighted by molar-refractivity contribution is 7.80. The third-order valence-corrected chi connectivity index (χ3v) is 13.1. The zero-order chi connectivity index (χ0) is 52.3. The van der Waals surface area contributed by atoms with Gasteiger partial charge in [0.25, 0.3) is 0 Å². The van der Waals surface area contributed by atoms with Crippen LogP contribution in [0.15, 0.2) is 47.5 Å². The highest BCUT2D eigenvalue weighted by atomic mass is 32.3. The number of rotatable bonds is 41. The van der Waals surface area contributed by atoms with Gasteiger partial charge >= 0.3 is 22.3 Å². The minimum Gasteiger partial charge on any atom is -0.478 e. The number of carbonyl (C=O) groups is 4. The molecule has 13 nitrogen and oxygen atoms in total. The molecule has 0 aliphatic carbocycles. The molecule has 0 spiro atoms. The number of likely N-dealkylation sites (N-methyl/N-ethyl adjacent to an activating group) is 1. The number of carboxylic acid groups (broad SMARTS) is 2. The van der Waals surface area contributed by atoms with E-state index in [1.165, 1.54) is 166 Å². The van der Waals surface area contributed by atoms with Crippen LogP contribution in [-0.2, 0) is 24.2 Å². The summed E-state index contributed by atoms with van der Waals surface area (Å²) in [5.41, 5.74) is -0.625. The molecule has 0 saturated heterocycles. The van der Waals surface area contributed by atoms with Gasteiger partial charge in [-0.3, -0.25) is 23.6 Å². The Morgan fingerprint density at radius 3 is 1.39 bits per heavy atom. The lowest BCUT2D eigenvalue weighted by Crippen LogP contribution is -2.54. The number of carboxylic acids is 2. The third kappa shape index (κ3) is 33.0. The lowest BCUT2D eigenvalue weighted by Gasteiger charge is -2.28. The second kappa shape index (κ2) is 42.9. The number of hydrogen-bond acceptors (Lipinski definition) is 10. The Bertz CT molecular complexity index is 1730. The molecule has 14 heteroatoms. The van der Waals surface area contributed by atoms with E-state index < -0.39 is 28.0 Å². The first-order valence-corrected chi connectivity index (χ1v) is 28.6. The van der Waals surface area contributed by atoms with E-state index in [0.29, 0.717) is 31.8 Å². The van der Waals surface area contributed by atoms with Crippen LogP contribution in [0.1, 0.15) is 253 Å². The number of Topliss-reactive ketones (excluding diaryl/α,β-unsaturated/α-hetero) is 2. The van der Waals surface area contributed by atoms with Crippen LogP contribution in [0.25, 0.3) is 0 Å². The van der Waals surface area contributed by atoms with Gasteiger partial charge in [-0.2, -0.15) is 8.42 Å². The van der Waals surface area contributed by atoms with Gasteiger partial charge in [-0.15, -0.1) is 0 Å². The molecule has 70 heavy (non-hydrogen) atoms.